The fraction of sp³-hybridized carbons (Fsp3) is 0.545. The molecule has 5 rings (SSSR count). The van der Waals surface area contributed by atoms with Gasteiger partial charge in [0, 0.05) is 43.2 Å². The summed E-state index contributed by atoms with van der Waals surface area (Å²) in [6, 6.07) is 7.34. The highest BCUT2D eigenvalue weighted by molar-refractivity contribution is 6.30. The average Bonchev–Trinajstić information content (AvgIpc) is 3.48. The van der Waals surface area contributed by atoms with Crippen LogP contribution in [0.1, 0.15) is 38.0 Å². The maximum Gasteiger partial charge on any atom is 0.241 e. The molecule has 3 heterocycles. The summed E-state index contributed by atoms with van der Waals surface area (Å²) in [4.78, 5) is 35.8. The molecular weight excluding hydrogens is 418 g/mol. The van der Waals surface area contributed by atoms with Crippen molar-refractivity contribution in [3.8, 4) is 11.4 Å². The third-order valence-corrected chi connectivity index (χ3v) is 7.04. The lowest BCUT2D eigenvalue weighted by molar-refractivity contribution is -0.144. The van der Waals surface area contributed by atoms with Crippen molar-refractivity contribution in [2.24, 2.45) is 5.41 Å². The SMILES string of the molecule is O=C1CC2(CCCC2)C(=O)N1CN1CCN(Cc2nc(-c3ccc(Cl)cc3)no2)CC1. The molecule has 0 N–H and O–H groups in total. The van der Waals surface area contributed by atoms with E-state index in [2.05, 4.69) is 19.9 Å². The van der Waals surface area contributed by atoms with Crippen molar-refractivity contribution in [1.29, 1.82) is 0 Å². The highest BCUT2D eigenvalue weighted by atomic mass is 35.5. The molecule has 1 saturated carbocycles. The lowest BCUT2D eigenvalue weighted by atomic mass is 9.85. The topological polar surface area (TPSA) is 82.8 Å². The predicted octanol–water partition coefficient (Wildman–Crippen LogP) is 2.78. The van der Waals surface area contributed by atoms with E-state index in [1.807, 2.05) is 12.1 Å². The van der Waals surface area contributed by atoms with Crippen molar-refractivity contribution in [2.45, 2.75) is 38.6 Å². The van der Waals surface area contributed by atoms with Gasteiger partial charge in [-0.1, -0.05) is 29.6 Å². The number of benzene rings is 1. The van der Waals surface area contributed by atoms with Crippen LogP contribution in [0.4, 0.5) is 0 Å². The Kier molecular flexibility index (Phi) is 5.54. The summed E-state index contributed by atoms with van der Waals surface area (Å²) in [5.41, 5.74) is 0.475. The molecule has 2 amide bonds. The Morgan fingerprint density at radius 3 is 2.39 bits per heavy atom. The van der Waals surface area contributed by atoms with Crippen LogP contribution in [0.25, 0.3) is 11.4 Å². The number of carbonyl (C=O) groups is 2. The molecule has 0 radical (unpaired) electrons. The molecule has 0 atom stereocenters. The quantitative estimate of drug-likeness (QED) is 0.657. The van der Waals surface area contributed by atoms with E-state index in [9.17, 15) is 9.59 Å². The molecule has 1 aromatic heterocycles. The zero-order valence-electron chi connectivity index (χ0n) is 17.4. The number of likely N-dealkylation sites (tertiary alicyclic amines) is 1. The van der Waals surface area contributed by atoms with Gasteiger partial charge in [-0.05, 0) is 37.1 Å². The maximum absolute atomic E-state index is 12.9. The number of amides is 2. The lowest BCUT2D eigenvalue weighted by Gasteiger charge is -2.35. The second-order valence-electron chi connectivity index (χ2n) is 8.85. The van der Waals surface area contributed by atoms with Gasteiger partial charge < -0.3 is 4.52 Å². The first-order chi connectivity index (χ1) is 15.0. The molecule has 1 aliphatic carbocycles. The molecular formula is C22H26ClN5O3. The third kappa shape index (κ3) is 4.12. The number of hydrogen-bond acceptors (Lipinski definition) is 7. The number of piperazine rings is 1. The van der Waals surface area contributed by atoms with E-state index in [1.165, 1.54) is 4.90 Å². The van der Waals surface area contributed by atoms with Gasteiger partial charge in [-0.15, -0.1) is 0 Å². The van der Waals surface area contributed by atoms with Gasteiger partial charge in [0.1, 0.15) is 0 Å². The van der Waals surface area contributed by atoms with Gasteiger partial charge in [0.25, 0.3) is 0 Å². The second kappa shape index (κ2) is 8.33. The molecule has 2 aromatic rings. The van der Waals surface area contributed by atoms with Crippen molar-refractivity contribution >= 4 is 23.4 Å². The molecule has 9 heteroatoms. The normalized spacial score (nSPS) is 22.2. The minimum Gasteiger partial charge on any atom is -0.338 e. The van der Waals surface area contributed by atoms with Gasteiger partial charge in [-0.2, -0.15) is 4.98 Å². The highest BCUT2D eigenvalue weighted by Crippen LogP contribution is 2.46. The molecule has 3 fully saturated rings. The van der Waals surface area contributed by atoms with Crippen molar-refractivity contribution in [1.82, 2.24) is 24.8 Å². The number of rotatable bonds is 5. The fourth-order valence-corrected chi connectivity index (χ4v) is 5.09. The summed E-state index contributed by atoms with van der Waals surface area (Å²) in [5, 5.41) is 4.74. The molecule has 0 bridgehead atoms. The van der Waals surface area contributed by atoms with E-state index >= 15 is 0 Å². The van der Waals surface area contributed by atoms with Gasteiger partial charge >= 0.3 is 0 Å². The van der Waals surface area contributed by atoms with Gasteiger partial charge in [0.2, 0.25) is 23.5 Å². The first-order valence-corrected chi connectivity index (χ1v) is 11.3. The average molecular weight is 444 g/mol. The van der Waals surface area contributed by atoms with Crippen LogP contribution < -0.4 is 0 Å². The van der Waals surface area contributed by atoms with E-state index in [4.69, 9.17) is 16.1 Å². The Hall–Kier alpha value is -2.29. The second-order valence-corrected chi connectivity index (χ2v) is 9.28. The van der Waals surface area contributed by atoms with Crippen LogP contribution in [0.15, 0.2) is 28.8 Å². The Morgan fingerprint density at radius 2 is 1.68 bits per heavy atom. The van der Waals surface area contributed by atoms with Crippen LogP contribution in [0.2, 0.25) is 5.02 Å². The first kappa shape index (κ1) is 20.6. The standard InChI is InChI=1S/C22H26ClN5O3/c23-17-5-3-16(4-6-17)20-24-18(31-25-20)14-26-9-11-27(12-10-26)15-28-19(29)13-22(21(28)30)7-1-2-8-22/h3-6H,1-2,7-15H2. The molecule has 1 spiro atoms. The van der Waals surface area contributed by atoms with Gasteiger partial charge in [-0.25, -0.2) is 0 Å². The minimum absolute atomic E-state index is 0.00471. The Balaban J connectivity index is 1.13. The number of carbonyl (C=O) groups excluding carboxylic acids is 2. The smallest absolute Gasteiger partial charge is 0.241 e. The van der Waals surface area contributed by atoms with Crippen molar-refractivity contribution in [3.05, 3.63) is 35.2 Å². The number of hydrogen-bond donors (Lipinski definition) is 0. The lowest BCUT2D eigenvalue weighted by Crippen LogP contribution is -2.51. The van der Waals surface area contributed by atoms with Crippen LogP contribution in [0.5, 0.6) is 0 Å². The number of imide groups is 1. The summed E-state index contributed by atoms with van der Waals surface area (Å²) in [7, 11) is 0. The fourth-order valence-electron chi connectivity index (χ4n) is 4.96. The maximum atomic E-state index is 12.9. The van der Waals surface area contributed by atoms with Crippen molar-refractivity contribution in [3.63, 3.8) is 0 Å². The van der Waals surface area contributed by atoms with Gasteiger partial charge in [-0.3, -0.25) is 24.3 Å². The van der Waals surface area contributed by atoms with Crippen LogP contribution in [-0.2, 0) is 16.1 Å². The molecule has 1 aromatic carbocycles. The minimum atomic E-state index is -0.390. The van der Waals surface area contributed by atoms with Gasteiger partial charge in [0.05, 0.1) is 18.6 Å². The van der Waals surface area contributed by atoms with Crippen LogP contribution in [0, 0.1) is 5.41 Å². The summed E-state index contributed by atoms with van der Waals surface area (Å²) in [5.74, 6) is 1.18. The molecule has 3 aliphatic rings. The Morgan fingerprint density at radius 1 is 1.00 bits per heavy atom. The van der Waals surface area contributed by atoms with Crippen molar-refractivity contribution < 1.29 is 14.1 Å². The summed E-state index contributed by atoms with van der Waals surface area (Å²) in [6.45, 7) is 4.22. The van der Waals surface area contributed by atoms with E-state index in [-0.39, 0.29) is 11.8 Å². The monoisotopic (exact) mass is 443 g/mol. The number of nitrogens with zero attached hydrogens (tertiary/aromatic N) is 5. The predicted molar refractivity (Wildman–Crippen MR) is 114 cm³/mol. The Bertz CT molecular complexity index is 962. The first-order valence-electron chi connectivity index (χ1n) is 10.9. The molecule has 0 unspecified atom stereocenters. The molecule has 2 aliphatic heterocycles. The molecule has 31 heavy (non-hydrogen) atoms. The summed E-state index contributed by atoms with van der Waals surface area (Å²) >= 11 is 5.93. The molecule has 2 saturated heterocycles. The molecule has 8 nitrogen and oxygen atoms in total. The van der Waals surface area contributed by atoms with E-state index < -0.39 is 5.41 Å². The zero-order valence-corrected chi connectivity index (χ0v) is 18.2. The van der Waals surface area contributed by atoms with Crippen LogP contribution in [-0.4, -0.2) is 69.5 Å². The number of halogens is 1. The van der Waals surface area contributed by atoms with E-state index in [0.29, 0.717) is 36.4 Å². The molecule has 164 valence electrons. The summed E-state index contributed by atoms with van der Waals surface area (Å²) in [6.07, 6.45) is 4.24. The van der Waals surface area contributed by atoms with Crippen molar-refractivity contribution in [2.75, 3.05) is 32.8 Å². The highest BCUT2D eigenvalue weighted by Gasteiger charge is 2.52. The zero-order chi connectivity index (χ0) is 21.4. The summed E-state index contributed by atoms with van der Waals surface area (Å²) < 4.78 is 5.42. The van der Waals surface area contributed by atoms with E-state index in [1.54, 1.807) is 12.1 Å². The van der Waals surface area contributed by atoms with Crippen LogP contribution >= 0.6 is 11.6 Å². The van der Waals surface area contributed by atoms with E-state index in [0.717, 1.165) is 57.4 Å². The van der Waals surface area contributed by atoms with Crippen LogP contribution in [0.3, 0.4) is 0 Å². The largest absolute Gasteiger partial charge is 0.338 e. The number of aromatic nitrogens is 2. The third-order valence-electron chi connectivity index (χ3n) is 6.79. The van der Waals surface area contributed by atoms with Gasteiger partial charge in [0.15, 0.2) is 0 Å². The Labute approximate surface area is 186 Å².